The highest BCUT2D eigenvalue weighted by Crippen LogP contribution is 2.45. The van der Waals surface area contributed by atoms with Crippen LogP contribution in [-0.2, 0) is 4.79 Å². The van der Waals surface area contributed by atoms with E-state index in [9.17, 15) is 4.79 Å². The van der Waals surface area contributed by atoms with Gasteiger partial charge in [-0.3, -0.25) is 4.79 Å². The van der Waals surface area contributed by atoms with E-state index in [2.05, 4.69) is 0 Å². The molecule has 1 amide bonds. The fourth-order valence-electron chi connectivity index (χ4n) is 3.32. The van der Waals surface area contributed by atoms with E-state index in [0.717, 1.165) is 25.9 Å². The second-order valence-corrected chi connectivity index (χ2v) is 5.84. The summed E-state index contributed by atoms with van der Waals surface area (Å²) < 4.78 is 0. The van der Waals surface area contributed by atoms with Gasteiger partial charge in [0.25, 0.3) is 0 Å². The Labute approximate surface area is 98.4 Å². The number of likely N-dealkylation sites (tertiary alicyclic amines) is 1. The van der Waals surface area contributed by atoms with Gasteiger partial charge in [-0.05, 0) is 31.1 Å². The van der Waals surface area contributed by atoms with E-state index in [1.54, 1.807) is 0 Å². The Hall–Kier alpha value is -0.570. The van der Waals surface area contributed by atoms with Gasteiger partial charge in [0.05, 0.1) is 0 Å². The van der Waals surface area contributed by atoms with E-state index in [1.807, 2.05) is 18.7 Å². The van der Waals surface area contributed by atoms with Crippen molar-refractivity contribution in [3.05, 3.63) is 0 Å². The smallest absolute Gasteiger partial charge is 0.225 e. The second-order valence-electron chi connectivity index (χ2n) is 5.84. The zero-order chi connectivity index (χ0) is 11.8. The molecule has 92 valence electrons. The van der Waals surface area contributed by atoms with Crippen LogP contribution in [0.5, 0.6) is 0 Å². The molecule has 1 spiro atoms. The molecule has 1 aliphatic heterocycles. The van der Waals surface area contributed by atoms with Crippen LogP contribution in [0.4, 0.5) is 0 Å². The Morgan fingerprint density at radius 1 is 1.31 bits per heavy atom. The first-order valence-electron chi connectivity index (χ1n) is 6.59. The Balaban J connectivity index is 1.94. The number of nitrogens with zero attached hydrogens (tertiary/aromatic N) is 1. The normalized spacial score (nSPS) is 29.0. The Morgan fingerprint density at radius 3 is 2.38 bits per heavy atom. The summed E-state index contributed by atoms with van der Waals surface area (Å²) in [5.74, 6) is 0.438. The SMILES string of the molecule is CC(C)C(=O)N1CCC2(CCCC2N)CC1. The Bertz CT molecular complexity index is 267. The quantitative estimate of drug-likeness (QED) is 0.737. The second kappa shape index (κ2) is 4.36. The van der Waals surface area contributed by atoms with Crippen LogP contribution in [0.25, 0.3) is 0 Å². The van der Waals surface area contributed by atoms with E-state index in [0.29, 0.717) is 17.4 Å². The molecule has 1 saturated carbocycles. The maximum absolute atomic E-state index is 11.9. The molecule has 3 heteroatoms. The average Bonchev–Trinajstić information content (AvgIpc) is 2.61. The van der Waals surface area contributed by atoms with Gasteiger partial charge in [-0.2, -0.15) is 0 Å². The van der Waals surface area contributed by atoms with Crippen LogP contribution in [0, 0.1) is 11.3 Å². The van der Waals surface area contributed by atoms with Gasteiger partial charge < -0.3 is 10.6 Å². The van der Waals surface area contributed by atoms with Crippen molar-refractivity contribution in [2.75, 3.05) is 13.1 Å². The highest BCUT2D eigenvalue weighted by molar-refractivity contribution is 5.78. The van der Waals surface area contributed by atoms with Crippen LogP contribution in [0.2, 0.25) is 0 Å². The summed E-state index contributed by atoms with van der Waals surface area (Å²) in [6.07, 6.45) is 5.97. The lowest BCUT2D eigenvalue weighted by molar-refractivity contribution is -0.136. The predicted octanol–water partition coefficient (Wildman–Crippen LogP) is 1.76. The van der Waals surface area contributed by atoms with Crippen molar-refractivity contribution in [2.24, 2.45) is 17.1 Å². The number of nitrogens with two attached hydrogens (primary N) is 1. The number of hydrogen-bond donors (Lipinski definition) is 1. The standard InChI is InChI=1S/C13H24N2O/c1-10(2)12(16)15-8-6-13(7-9-15)5-3-4-11(13)14/h10-11H,3-9,14H2,1-2H3. The molecular formula is C13H24N2O. The molecule has 16 heavy (non-hydrogen) atoms. The van der Waals surface area contributed by atoms with Gasteiger partial charge in [0.1, 0.15) is 0 Å². The molecule has 1 heterocycles. The molecule has 0 aromatic heterocycles. The van der Waals surface area contributed by atoms with Gasteiger partial charge in [0.2, 0.25) is 5.91 Å². The number of piperidine rings is 1. The minimum atomic E-state index is 0.131. The van der Waals surface area contributed by atoms with E-state index >= 15 is 0 Å². The van der Waals surface area contributed by atoms with Gasteiger partial charge in [0, 0.05) is 25.0 Å². The van der Waals surface area contributed by atoms with E-state index in [4.69, 9.17) is 5.73 Å². The van der Waals surface area contributed by atoms with Crippen molar-refractivity contribution in [1.82, 2.24) is 4.90 Å². The zero-order valence-electron chi connectivity index (χ0n) is 10.5. The van der Waals surface area contributed by atoms with Gasteiger partial charge in [0.15, 0.2) is 0 Å². The molecule has 2 fully saturated rings. The monoisotopic (exact) mass is 224 g/mol. The first kappa shape index (κ1) is 11.9. The summed E-state index contributed by atoms with van der Waals surface area (Å²) in [6, 6.07) is 0.379. The molecule has 1 atom stereocenters. The van der Waals surface area contributed by atoms with Crippen molar-refractivity contribution in [3.63, 3.8) is 0 Å². The third-order valence-electron chi connectivity index (χ3n) is 4.54. The molecule has 2 aliphatic rings. The number of carbonyl (C=O) groups is 1. The number of carbonyl (C=O) groups excluding carboxylic acids is 1. The van der Waals surface area contributed by atoms with Crippen molar-refractivity contribution in [1.29, 1.82) is 0 Å². The lowest BCUT2D eigenvalue weighted by Crippen LogP contribution is -2.49. The highest BCUT2D eigenvalue weighted by atomic mass is 16.2. The van der Waals surface area contributed by atoms with Crippen molar-refractivity contribution in [2.45, 2.75) is 52.0 Å². The average molecular weight is 224 g/mol. The lowest BCUT2D eigenvalue weighted by atomic mass is 9.74. The highest BCUT2D eigenvalue weighted by Gasteiger charge is 2.43. The van der Waals surface area contributed by atoms with Gasteiger partial charge in [-0.1, -0.05) is 20.3 Å². The summed E-state index contributed by atoms with van der Waals surface area (Å²) in [6.45, 7) is 5.80. The molecule has 1 aliphatic carbocycles. The topological polar surface area (TPSA) is 46.3 Å². The summed E-state index contributed by atoms with van der Waals surface area (Å²) in [5, 5.41) is 0. The summed E-state index contributed by atoms with van der Waals surface area (Å²) in [4.78, 5) is 13.9. The lowest BCUT2D eigenvalue weighted by Gasteiger charge is -2.42. The molecule has 2 rings (SSSR count). The van der Waals surface area contributed by atoms with Crippen LogP contribution in [-0.4, -0.2) is 29.9 Å². The largest absolute Gasteiger partial charge is 0.342 e. The van der Waals surface area contributed by atoms with Crippen molar-refractivity contribution in [3.8, 4) is 0 Å². The fourth-order valence-corrected chi connectivity index (χ4v) is 3.32. The predicted molar refractivity (Wildman–Crippen MR) is 64.9 cm³/mol. The minimum Gasteiger partial charge on any atom is -0.342 e. The number of hydrogen-bond acceptors (Lipinski definition) is 2. The molecule has 0 aromatic carbocycles. The molecule has 0 bridgehead atoms. The Kier molecular flexibility index (Phi) is 3.24. The fraction of sp³-hybridized carbons (Fsp3) is 0.923. The van der Waals surface area contributed by atoms with E-state index < -0.39 is 0 Å². The third kappa shape index (κ3) is 1.97. The van der Waals surface area contributed by atoms with E-state index in [-0.39, 0.29) is 5.92 Å². The third-order valence-corrected chi connectivity index (χ3v) is 4.54. The maximum Gasteiger partial charge on any atom is 0.225 e. The number of amides is 1. The summed E-state index contributed by atoms with van der Waals surface area (Å²) in [5.41, 5.74) is 6.59. The summed E-state index contributed by atoms with van der Waals surface area (Å²) >= 11 is 0. The van der Waals surface area contributed by atoms with Crippen LogP contribution < -0.4 is 5.73 Å². The molecule has 2 N–H and O–H groups in total. The summed E-state index contributed by atoms with van der Waals surface area (Å²) in [7, 11) is 0. The molecule has 0 radical (unpaired) electrons. The van der Waals surface area contributed by atoms with Crippen LogP contribution in [0.1, 0.15) is 46.0 Å². The van der Waals surface area contributed by atoms with Gasteiger partial charge in [-0.15, -0.1) is 0 Å². The first-order chi connectivity index (χ1) is 7.55. The van der Waals surface area contributed by atoms with Gasteiger partial charge in [-0.25, -0.2) is 0 Å². The van der Waals surface area contributed by atoms with Crippen LogP contribution in [0.3, 0.4) is 0 Å². The van der Waals surface area contributed by atoms with E-state index in [1.165, 1.54) is 19.3 Å². The minimum absolute atomic E-state index is 0.131. The first-order valence-corrected chi connectivity index (χ1v) is 6.59. The van der Waals surface area contributed by atoms with Gasteiger partial charge >= 0.3 is 0 Å². The zero-order valence-corrected chi connectivity index (χ0v) is 10.5. The van der Waals surface area contributed by atoms with Crippen molar-refractivity contribution < 1.29 is 4.79 Å². The molecule has 0 aromatic rings. The number of rotatable bonds is 1. The molecule has 1 unspecified atom stereocenters. The maximum atomic E-state index is 11.9. The Morgan fingerprint density at radius 2 is 1.94 bits per heavy atom. The van der Waals surface area contributed by atoms with Crippen molar-refractivity contribution >= 4 is 5.91 Å². The molecule has 1 saturated heterocycles. The van der Waals surface area contributed by atoms with Crippen LogP contribution >= 0.6 is 0 Å². The van der Waals surface area contributed by atoms with Crippen LogP contribution in [0.15, 0.2) is 0 Å². The molecule has 3 nitrogen and oxygen atoms in total. The molecular weight excluding hydrogens is 200 g/mol.